The van der Waals surface area contributed by atoms with E-state index in [4.69, 9.17) is 0 Å². The minimum atomic E-state index is 0. The highest BCUT2D eigenvalue weighted by atomic mass is 32.2. The number of amides is 1. The van der Waals surface area contributed by atoms with E-state index in [0.717, 1.165) is 60.9 Å². The summed E-state index contributed by atoms with van der Waals surface area (Å²) in [5.74, 6) is 0.908. The summed E-state index contributed by atoms with van der Waals surface area (Å²) < 4.78 is 1.08. The Labute approximate surface area is 182 Å². The molecule has 2 aromatic rings. The molecule has 1 N–H and O–H groups in total. The molecule has 156 valence electrons. The number of aromatic nitrogens is 1. The lowest BCUT2D eigenvalue weighted by atomic mass is 10.0. The van der Waals surface area contributed by atoms with E-state index >= 15 is 0 Å². The van der Waals surface area contributed by atoms with E-state index in [9.17, 15) is 9.59 Å². The molecule has 1 heterocycles. The monoisotopic (exact) mass is 430 g/mol. The number of nitrogens with one attached hydrogen (secondary N) is 1. The van der Waals surface area contributed by atoms with Crippen LogP contribution in [0.4, 0.5) is 5.13 Å². The van der Waals surface area contributed by atoms with Crippen molar-refractivity contribution in [1.29, 1.82) is 0 Å². The van der Waals surface area contributed by atoms with Crippen molar-refractivity contribution < 1.29 is 11.0 Å². The number of benzene rings is 1. The first kappa shape index (κ1) is 21.8. The Kier molecular flexibility index (Phi) is 8.96. The minimum Gasteiger partial charge on any atom is -0.302 e. The van der Waals surface area contributed by atoms with Crippen molar-refractivity contribution >= 4 is 49.5 Å². The summed E-state index contributed by atoms with van der Waals surface area (Å²) in [5, 5.41) is 3.86. The largest absolute Gasteiger partial charge is 0.302 e. The van der Waals surface area contributed by atoms with Crippen LogP contribution < -0.4 is 5.32 Å². The number of hydrogen-bond acceptors (Lipinski definition) is 5. The molecule has 29 heavy (non-hydrogen) atoms. The van der Waals surface area contributed by atoms with E-state index in [1.165, 1.54) is 28.7 Å². The third-order valence-corrected chi connectivity index (χ3v) is 6.76. The highest BCUT2D eigenvalue weighted by Gasteiger charge is 2.08. The second-order valence-electron chi connectivity index (χ2n) is 7.18. The normalized spacial score (nSPS) is 13.4. The van der Waals surface area contributed by atoms with Crippen LogP contribution in [0.5, 0.6) is 0 Å². The van der Waals surface area contributed by atoms with Crippen molar-refractivity contribution in [3.63, 3.8) is 0 Å². The predicted octanol–water partition coefficient (Wildman–Crippen LogP) is 6.75. The first-order chi connectivity index (χ1) is 14.2. The zero-order valence-electron chi connectivity index (χ0n) is 16.7. The van der Waals surface area contributed by atoms with Gasteiger partial charge in [-0.25, -0.2) is 4.98 Å². The van der Waals surface area contributed by atoms with Gasteiger partial charge in [-0.15, -0.1) is 0 Å². The van der Waals surface area contributed by atoms with Gasteiger partial charge in [-0.2, -0.15) is 0 Å². The molecule has 6 heteroatoms. The van der Waals surface area contributed by atoms with Crippen molar-refractivity contribution in [1.82, 2.24) is 4.98 Å². The summed E-state index contributed by atoms with van der Waals surface area (Å²) in [4.78, 5) is 28.5. The van der Waals surface area contributed by atoms with E-state index in [1.54, 1.807) is 0 Å². The van der Waals surface area contributed by atoms with Gasteiger partial charge in [-0.1, -0.05) is 71.9 Å². The molecule has 0 saturated heterocycles. The smallest absolute Gasteiger partial charge is 0.226 e. The third kappa shape index (κ3) is 7.78. The Morgan fingerprint density at radius 3 is 2.79 bits per heavy atom. The molecule has 0 bridgehead atoms. The van der Waals surface area contributed by atoms with Crippen LogP contribution in [0.15, 0.2) is 48.1 Å². The molecule has 1 amide bonds. The van der Waals surface area contributed by atoms with E-state index < -0.39 is 0 Å². The average Bonchev–Trinajstić information content (AvgIpc) is 3.14. The molecular formula is C23H30N2O2S2. The summed E-state index contributed by atoms with van der Waals surface area (Å²) in [5.41, 5.74) is 2.22. The SMILES string of the molecule is O=C(CCCCCCSC(=O)CCC1=CCCC=C1)Nc1nc2ccccc2s1.[HH]. The number of carbonyl (C=O) groups excluding carboxylic acids is 2. The van der Waals surface area contributed by atoms with Gasteiger partial charge in [-0.05, 0) is 44.2 Å². The first-order valence-electron chi connectivity index (χ1n) is 10.4. The van der Waals surface area contributed by atoms with E-state index in [-0.39, 0.29) is 7.33 Å². The number of unbranched alkanes of at least 4 members (excludes halogenated alkanes) is 3. The molecule has 0 radical (unpaired) electrons. The fourth-order valence-electron chi connectivity index (χ4n) is 3.21. The van der Waals surface area contributed by atoms with Gasteiger partial charge in [0.25, 0.3) is 0 Å². The maximum Gasteiger partial charge on any atom is 0.226 e. The third-order valence-electron chi connectivity index (χ3n) is 4.79. The molecule has 1 aromatic heterocycles. The number of anilines is 1. The highest BCUT2D eigenvalue weighted by Crippen LogP contribution is 2.25. The topological polar surface area (TPSA) is 59.1 Å². The van der Waals surface area contributed by atoms with Crippen LogP contribution in [0, 0.1) is 0 Å². The van der Waals surface area contributed by atoms with Crippen LogP contribution in [0.3, 0.4) is 0 Å². The molecule has 0 atom stereocenters. The molecule has 0 saturated carbocycles. The standard InChI is InChI=1S/C23H28N2O2S2.H2/c26-21(25-23-24-19-12-7-8-13-20(19)29-23)14-6-1-2-9-17-28-22(27)16-15-18-10-4-3-5-11-18;/h4,7-8,10-13H,1-3,5-6,9,14-17H2,(H,24,25,26);1H. The molecule has 4 nitrogen and oxygen atoms in total. The lowest BCUT2D eigenvalue weighted by Crippen LogP contribution is -2.10. The average molecular weight is 431 g/mol. The van der Waals surface area contributed by atoms with Crippen LogP contribution in [-0.4, -0.2) is 21.8 Å². The van der Waals surface area contributed by atoms with Gasteiger partial charge < -0.3 is 5.32 Å². The lowest BCUT2D eigenvalue weighted by molar-refractivity contribution is -0.116. The van der Waals surface area contributed by atoms with Gasteiger partial charge in [0.15, 0.2) is 10.2 Å². The Balaban J connectivity index is 0.00000320. The second kappa shape index (κ2) is 11.9. The zero-order valence-corrected chi connectivity index (χ0v) is 18.3. The van der Waals surface area contributed by atoms with Crippen LogP contribution in [0.2, 0.25) is 0 Å². The van der Waals surface area contributed by atoms with Crippen LogP contribution in [0.1, 0.15) is 59.2 Å². The fourth-order valence-corrected chi connectivity index (χ4v) is 4.91. The number of nitrogens with zero attached hydrogens (tertiary/aromatic N) is 1. The zero-order chi connectivity index (χ0) is 20.3. The second-order valence-corrected chi connectivity index (χ2v) is 9.36. The van der Waals surface area contributed by atoms with Gasteiger partial charge in [0.05, 0.1) is 10.2 Å². The van der Waals surface area contributed by atoms with Crippen molar-refractivity contribution in [2.75, 3.05) is 11.1 Å². The van der Waals surface area contributed by atoms with Gasteiger partial charge >= 0.3 is 0 Å². The number of hydrogen-bond donors (Lipinski definition) is 1. The van der Waals surface area contributed by atoms with Gasteiger partial charge in [-0.3, -0.25) is 9.59 Å². The molecule has 3 rings (SSSR count). The molecule has 1 aromatic carbocycles. The predicted molar refractivity (Wildman–Crippen MR) is 127 cm³/mol. The van der Waals surface area contributed by atoms with Gasteiger partial charge in [0.2, 0.25) is 5.91 Å². The Morgan fingerprint density at radius 2 is 1.97 bits per heavy atom. The molecule has 1 aliphatic rings. The number of thiazole rings is 1. The van der Waals surface area contributed by atoms with Crippen molar-refractivity contribution in [2.45, 2.75) is 57.8 Å². The number of allylic oxidation sites excluding steroid dienone is 4. The maximum absolute atomic E-state index is 12.1. The molecular weight excluding hydrogens is 400 g/mol. The quantitative estimate of drug-likeness (QED) is 0.401. The fraction of sp³-hybridized carbons (Fsp3) is 0.435. The Morgan fingerprint density at radius 1 is 1.10 bits per heavy atom. The molecule has 0 fully saturated rings. The van der Waals surface area contributed by atoms with Crippen molar-refractivity contribution in [2.24, 2.45) is 0 Å². The number of para-hydroxylation sites is 1. The number of fused-ring (bicyclic) bond motifs is 1. The number of carbonyl (C=O) groups is 2. The maximum atomic E-state index is 12.1. The van der Waals surface area contributed by atoms with Gasteiger partial charge in [0.1, 0.15) is 0 Å². The Bertz CT molecular complexity index is 859. The Hall–Kier alpha value is -1.92. The van der Waals surface area contributed by atoms with Crippen LogP contribution in [-0.2, 0) is 9.59 Å². The van der Waals surface area contributed by atoms with Crippen LogP contribution in [0.25, 0.3) is 10.2 Å². The summed E-state index contributed by atoms with van der Waals surface area (Å²) in [6, 6.07) is 7.89. The summed E-state index contributed by atoms with van der Waals surface area (Å²) in [7, 11) is 0. The number of rotatable bonds is 11. The number of thioether (sulfide) groups is 1. The van der Waals surface area contributed by atoms with Crippen molar-refractivity contribution in [3.05, 3.63) is 48.1 Å². The lowest BCUT2D eigenvalue weighted by Gasteiger charge is -2.06. The van der Waals surface area contributed by atoms with E-state index in [2.05, 4.69) is 28.5 Å². The molecule has 0 unspecified atom stereocenters. The highest BCUT2D eigenvalue weighted by molar-refractivity contribution is 8.13. The minimum absolute atomic E-state index is 0. The van der Waals surface area contributed by atoms with Crippen molar-refractivity contribution in [3.8, 4) is 0 Å². The van der Waals surface area contributed by atoms with E-state index in [0.29, 0.717) is 23.1 Å². The summed E-state index contributed by atoms with van der Waals surface area (Å²) in [6.07, 6.45) is 14.8. The van der Waals surface area contributed by atoms with Gasteiger partial charge in [0, 0.05) is 20.0 Å². The summed E-state index contributed by atoms with van der Waals surface area (Å²) >= 11 is 2.96. The molecule has 0 aliphatic heterocycles. The molecule has 0 spiro atoms. The van der Waals surface area contributed by atoms with Crippen LogP contribution >= 0.6 is 23.1 Å². The summed E-state index contributed by atoms with van der Waals surface area (Å²) in [6.45, 7) is 0. The first-order valence-corrected chi connectivity index (χ1v) is 12.2. The van der Waals surface area contributed by atoms with E-state index in [1.807, 2.05) is 24.3 Å². The molecule has 1 aliphatic carbocycles.